The minimum atomic E-state index is -0.870. The van der Waals surface area contributed by atoms with Crippen molar-refractivity contribution in [2.75, 3.05) is 43.2 Å². The summed E-state index contributed by atoms with van der Waals surface area (Å²) in [5.41, 5.74) is 1.34. The number of rotatable bonds is 14. The van der Waals surface area contributed by atoms with E-state index >= 15 is 0 Å². The van der Waals surface area contributed by atoms with Gasteiger partial charge in [0.1, 0.15) is 17.5 Å². The number of nitrogens with zero attached hydrogens (tertiary/aromatic N) is 3. The van der Waals surface area contributed by atoms with Crippen LogP contribution >= 0.6 is 11.8 Å². The van der Waals surface area contributed by atoms with Gasteiger partial charge in [0.05, 0.1) is 42.9 Å². The normalized spacial score (nSPS) is 26.8. The molecule has 7 atom stereocenters. The van der Waals surface area contributed by atoms with Crippen LogP contribution in [-0.4, -0.2) is 83.2 Å². The number of hydrogen-bond donors (Lipinski definition) is 1. The molecule has 0 aromatic heterocycles. The van der Waals surface area contributed by atoms with Gasteiger partial charge >= 0.3 is 0 Å². The van der Waals surface area contributed by atoms with Gasteiger partial charge < -0.3 is 29.3 Å². The summed E-state index contributed by atoms with van der Waals surface area (Å²) in [6, 6.07) is 13.1. The Hall–Kier alpha value is -3.76. The van der Waals surface area contributed by atoms with E-state index in [0.717, 1.165) is 0 Å². The van der Waals surface area contributed by atoms with Crippen LogP contribution in [0.4, 0.5) is 11.4 Å². The standard InChI is InChI=1S/C36H45N3O6S/c1-7-19-37(25-13-17-28(18-14-25)45-10-4)33(41)30-29-21-23(5)36(46-29)31(30)34(42)39(24(9-3)22-40)32(36)35(43)38(20-8-2)26-11-15-27(44-6)16-12-26/h7-8,11-18,23-24,29-32,40H,1-2,9-10,19-22H2,3-6H3/t23?,24-,29-,30+,31-,32?,36?/m0/s1. The third-order valence-corrected chi connectivity index (χ3v) is 11.9. The summed E-state index contributed by atoms with van der Waals surface area (Å²) in [6.45, 7) is 14.5. The van der Waals surface area contributed by atoms with Crippen molar-refractivity contribution in [2.24, 2.45) is 17.8 Å². The van der Waals surface area contributed by atoms with Crippen LogP contribution in [-0.2, 0) is 14.4 Å². The van der Waals surface area contributed by atoms with Gasteiger partial charge in [0.2, 0.25) is 11.8 Å². The first-order valence-corrected chi connectivity index (χ1v) is 16.9. The highest BCUT2D eigenvalue weighted by Gasteiger charge is 2.77. The number of anilines is 2. The number of likely N-dealkylation sites (tertiary alicyclic amines) is 1. The molecule has 246 valence electrons. The second-order valence-electron chi connectivity index (χ2n) is 12.1. The number of aliphatic hydroxyl groups excluding tert-OH is 1. The topological polar surface area (TPSA) is 99.6 Å². The number of methoxy groups -OCH3 is 1. The minimum Gasteiger partial charge on any atom is -0.497 e. The van der Waals surface area contributed by atoms with Gasteiger partial charge in [-0.25, -0.2) is 0 Å². The number of amides is 3. The number of carbonyl (C=O) groups is 3. The molecule has 3 aliphatic heterocycles. The van der Waals surface area contributed by atoms with Gasteiger partial charge in [-0.1, -0.05) is 26.0 Å². The van der Waals surface area contributed by atoms with E-state index in [1.807, 2.05) is 50.2 Å². The SMILES string of the molecule is C=CCN(C(=O)C1N([C@@H](CC)CO)C(=O)[C@@H]2[C@H](C(=O)N(CC=C)c3ccc(OCC)cc3)[C@@H]3CC(C)C12S3)c1ccc(OC)cc1. The number of benzene rings is 2. The zero-order valence-electron chi connectivity index (χ0n) is 27.1. The molecule has 0 aliphatic carbocycles. The van der Waals surface area contributed by atoms with Crippen LogP contribution < -0.4 is 19.3 Å². The van der Waals surface area contributed by atoms with Gasteiger partial charge in [-0.2, -0.15) is 0 Å². The van der Waals surface area contributed by atoms with Crippen molar-refractivity contribution in [3.63, 3.8) is 0 Å². The second kappa shape index (κ2) is 13.9. The quantitative estimate of drug-likeness (QED) is 0.290. The summed E-state index contributed by atoms with van der Waals surface area (Å²) >= 11 is 1.62. The van der Waals surface area contributed by atoms with E-state index in [1.54, 1.807) is 57.9 Å². The number of aliphatic hydroxyl groups is 1. The maximum Gasteiger partial charge on any atom is 0.251 e. The third kappa shape index (κ3) is 5.49. The van der Waals surface area contributed by atoms with E-state index in [4.69, 9.17) is 9.47 Å². The Labute approximate surface area is 276 Å². The van der Waals surface area contributed by atoms with Crippen LogP contribution in [0.15, 0.2) is 73.8 Å². The van der Waals surface area contributed by atoms with Crippen molar-refractivity contribution in [3.05, 3.63) is 73.8 Å². The van der Waals surface area contributed by atoms with Crippen LogP contribution in [0.1, 0.15) is 33.6 Å². The summed E-state index contributed by atoms with van der Waals surface area (Å²) in [5, 5.41) is 10.4. The summed E-state index contributed by atoms with van der Waals surface area (Å²) in [6.07, 6.45) is 4.52. The molecule has 5 rings (SSSR count). The van der Waals surface area contributed by atoms with E-state index in [2.05, 4.69) is 20.1 Å². The summed E-state index contributed by atoms with van der Waals surface area (Å²) in [5.74, 6) is -0.635. The smallest absolute Gasteiger partial charge is 0.251 e. The lowest BCUT2D eigenvalue weighted by atomic mass is 9.65. The van der Waals surface area contributed by atoms with Crippen LogP contribution in [0.5, 0.6) is 11.5 Å². The Kier molecular flexibility index (Phi) is 10.2. The number of hydrogen-bond acceptors (Lipinski definition) is 7. The molecule has 0 saturated carbocycles. The fourth-order valence-corrected chi connectivity index (χ4v) is 10.1. The molecule has 3 aliphatic rings. The van der Waals surface area contributed by atoms with Gasteiger partial charge in [0, 0.05) is 29.7 Å². The highest BCUT2D eigenvalue weighted by molar-refractivity contribution is 8.02. The molecular formula is C36H45N3O6S. The highest BCUT2D eigenvalue weighted by atomic mass is 32.2. The number of carbonyl (C=O) groups excluding carboxylic acids is 3. The summed E-state index contributed by atoms with van der Waals surface area (Å²) in [7, 11) is 1.59. The van der Waals surface area contributed by atoms with E-state index in [9.17, 15) is 19.5 Å². The van der Waals surface area contributed by atoms with E-state index in [0.29, 0.717) is 42.3 Å². The Morgan fingerprint density at radius 2 is 1.59 bits per heavy atom. The van der Waals surface area contributed by atoms with Crippen LogP contribution in [0.2, 0.25) is 0 Å². The molecule has 1 spiro atoms. The van der Waals surface area contributed by atoms with Crippen molar-refractivity contribution < 1.29 is 29.0 Å². The predicted octanol–water partition coefficient (Wildman–Crippen LogP) is 4.94. The predicted molar refractivity (Wildman–Crippen MR) is 182 cm³/mol. The van der Waals surface area contributed by atoms with Crippen molar-refractivity contribution in [1.29, 1.82) is 0 Å². The lowest BCUT2D eigenvalue weighted by Crippen LogP contribution is -2.59. The second-order valence-corrected chi connectivity index (χ2v) is 13.7. The highest BCUT2D eigenvalue weighted by Crippen LogP contribution is 2.69. The Morgan fingerprint density at radius 1 is 1.02 bits per heavy atom. The fourth-order valence-electron chi connectivity index (χ4n) is 7.71. The molecule has 0 radical (unpaired) electrons. The first kappa shape index (κ1) is 33.6. The van der Waals surface area contributed by atoms with Crippen molar-refractivity contribution in [3.8, 4) is 11.5 Å². The minimum absolute atomic E-state index is 0.0181. The number of thioether (sulfide) groups is 1. The summed E-state index contributed by atoms with van der Waals surface area (Å²) < 4.78 is 10.1. The molecule has 9 nitrogen and oxygen atoms in total. The molecule has 3 saturated heterocycles. The Morgan fingerprint density at radius 3 is 2.09 bits per heavy atom. The molecule has 3 fully saturated rings. The number of ether oxygens (including phenoxy) is 2. The van der Waals surface area contributed by atoms with E-state index < -0.39 is 28.7 Å². The molecule has 46 heavy (non-hydrogen) atoms. The number of fused-ring (bicyclic) bond motifs is 1. The first-order chi connectivity index (χ1) is 22.2. The zero-order valence-corrected chi connectivity index (χ0v) is 27.9. The van der Waals surface area contributed by atoms with Gasteiger partial charge in [-0.05, 0) is 74.2 Å². The average molecular weight is 648 g/mol. The maximum atomic E-state index is 14.9. The summed E-state index contributed by atoms with van der Waals surface area (Å²) in [4.78, 5) is 49.2. The molecular weight excluding hydrogens is 602 g/mol. The molecule has 3 unspecified atom stereocenters. The molecule has 3 amide bonds. The van der Waals surface area contributed by atoms with Crippen LogP contribution in [0.25, 0.3) is 0 Å². The largest absolute Gasteiger partial charge is 0.497 e. The molecule has 2 aromatic carbocycles. The molecule has 3 heterocycles. The van der Waals surface area contributed by atoms with Crippen LogP contribution in [0, 0.1) is 17.8 Å². The van der Waals surface area contributed by atoms with Crippen molar-refractivity contribution in [2.45, 2.75) is 55.7 Å². The van der Waals surface area contributed by atoms with E-state index in [1.165, 1.54) is 0 Å². The van der Waals surface area contributed by atoms with Gasteiger partial charge in [0.15, 0.2) is 0 Å². The molecule has 2 bridgehead atoms. The first-order valence-electron chi connectivity index (χ1n) is 16.0. The fraction of sp³-hybridized carbons (Fsp3) is 0.472. The van der Waals surface area contributed by atoms with Gasteiger partial charge in [0.25, 0.3) is 5.91 Å². The van der Waals surface area contributed by atoms with Crippen molar-refractivity contribution >= 4 is 40.9 Å². The zero-order chi connectivity index (χ0) is 33.2. The average Bonchev–Trinajstić information content (AvgIpc) is 3.67. The maximum absolute atomic E-state index is 14.9. The van der Waals surface area contributed by atoms with Gasteiger partial charge in [-0.15, -0.1) is 24.9 Å². The van der Waals surface area contributed by atoms with Gasteiger partial charge in [-0.3, -0.25) is 14.4 Å². The molecule has 2 aromatic rings. The molecule has 10 heteroatoms. The lowest BCUT2D eigenvalue weighted by molar-refractivity contribution is -0.142. The molecule has 1 N–H and O–H groups in total. The van der Waals surface area contributed by atoms with Crippen LogP contribution in [0.3, 0.4) is 0 Å². The third-order valence-electron chi connectivity index (χ3n) is 9.78. The Bertz CT molecular complexity index is 1440. The monoisotopic (exact) mass is 647 g/mol. The Balaban J connectivity index is 1.58. The van der Waals surface area contributed by atoms with Crippen molar-refractivity contribution in [1.82, 2.24) is 4.90 Å². The van der Waals surface area contributed by atoms with E-state index in [-0.39, 0.29) is 48.6 Å². The lowest BCUT2D eigenvalue weighted by Gasteiger charge is -2.42.